The molecular weight excluding hydrogens is 573 g/mol. The predicted molar refractivity (Wildman–Crippen MR) is 151 cm³/mol. The molecule has 212 valence electrons. The molecule has 1 N–H and O–H groups in total. The minimum absolute atomic E-state index is 0. The summed E-state index contributed by atoms with van der Waals surface area (Å²) in [6, 6.07) is 21.9. The van der Waals surface area contributed by atoms with Gasteiger partial charge in [0.25, 0.3) is 0 Å². The van der Waals surface area contributed by atoms with Gasteiger partial charge in [-0.15, -0.1) is 0 Å². The molecule has 4 rings (SSSR count). The molecular formula is C31H32ClN3NiO4. The van der Waals surface area contributed by atoms with Gasteiger partial charge in [-0.3, -0.25) is 14.9 Å². The largest absolute Gasteiger partial charge is 2.00 e. The summed E-state index contributed by atoms with van der Waals surface area (Å²) in [5.41, 5.74) is 2.54. The van der Waals surface area contributed by atoms with E-state index in [9.17, 15) is 20.1 Å². The Morgan fingerprint density at radius 3 is 2.25 bits per heavy atom. The van der Waals surface area contributed by atoms with Gasteiger partial charge in [-0.05, 0) is 55.9 Å². The van der Waals surface area contributed by atoms with Gasteiger partial charge in [-0.1, -0.05) is 84.8 Å². The van der Waals surface area contributed by atoms with Gasteiger partial charge in [0.1, 0.15) is 0 Å². The molecule has 0 amide bonds. The molecule has 40 heavy (non-hydrogen) atoms. The van der Waals surface area contributed by atoms with Crippen LogP contribution in [0.3, 0.4) is 0 Å². The molecule has 3 aromatic carbocycles. The maximum Gasteiger partial charge on any atom is 2.00 e. The number of nitrogens with zero attached hydrogens (tertiary/aromatic N) is 3. The Labute approximate surface area is 250 Å². The van der Waals surface area contributed by atoms with Gasteiger partial charge in [0.05, 0.1) is 23.4 Å². The van der Waals surface area contributed by atoms with Crippen molar-refractivity contribution >= 4 is 34.9 Å². The number of para-hydroxylation sites is 1. The monoisotopic (exact) mass is 603 g/mol. The number of rotatable bonds is 11. The Morgan fingerprint density at radius 2 is 1.57 bits per heavy atom. The Morgan fingerprint density at radius 1 is 0.925 bits per heavy atom. The number of carbonyl (C=O) groups is 1. The molecule has 0 saturated carbocycles. The second-order valence-electron chi connectivity index (χ2n) is 9.61. The minimum atomic E-state index is -1.39. The maximum absolute atomic E-state index is 12.9. The molecule has 3 aromatic rings. The van der Waals surface area contributed by atoms with E-state index in [4.69, 9.17) is 16.6 Å². The van der Waals surface area contributed by atoms with Crippen molar-refractivity contribution in [1.82, 2.24) is 4.90 Å². The predicted octanol–water partition coefficient (Wildman–Crippen LogP) is 3.34. The van der Waals surface area contributed by atoms with Crippen LogP contribution in [0.1, 0.15) is 48.3 Å². The average molecular weight is 605 g/mol. The van der Waals surface area contributed by atoms with Crippen LogP contribution in [0, 0.1) is 0 Å². The first kappa shape index (κ1) is 31.5. The summed E-state index contributed by atoms with van der Waals surface area (Å²) >= 11 is 6.44. The van der Waals surface area contributed by atoms with Crippen molar-refractivity contribution in [2.45, 2.75) is 37.6 Å². The molecule has 7 nitrogen and oxygen atoms in total. The van der Waals surface area contributed by atoms with Gasteiger partial charge in [0, 0.05) is 35.2 Å². The zero-order valence-corrected chi connectivity index (χ0v) is 23.8. The van der Waals surface area contributed by atoms with E-state index in [2.05, 4.69) is 9.89 Å². The van der Waals surface area contributed by atoms with E-state index in [0.29, 0.717) is 33.1 Å². The molecule has 0 spiro atoms. The molecule has 0 bridgehead atoms. The van der Waals surface area contributed by atoms with E-state index >= 15 is 0 Å². The maximum atomic E-state index is 12.9. The summed E-state index contributed by atoms with van der Waals surface area (Å²) in [6.45, 7) is 1.73. The van der Waals surface area contributed by atoms with E-state index in [1.165, 1.54) is 6.42 Å². The van der Waals surface area contributed by atoms with Crippen LogP contribution in [0.15, 0.2) is 88.8 Å². The van der Waals surface area contributed by atoms with Crippen molar-refractivity contribution < 1.29 is 36.6 Å². The van der Waals surface area contributed by atoms with Gasteiger partial charge < -0.3 is 20.1 Å². The summed E-state index contributed by atoms with van der Waals surface area (Å²) in [4.78, 5) is 23.8. The number of hydrogen-bond acceptors (Lipinski definition) is 7. The number of aliphatic imine (C=N–C) groups is 2. The smallest absolute Gasteiger partial charge is 0.861 e. The molecule has 0 unspecified atom stereocenters. The van der Waals surface area contributed by atoms with Crippen LogP contribution < -0.4 is 10.2 Å². The first-order valence-electron chi connectivity index (χ1n) is 13.2. The number of aliphatic hydroxyl groups excluding tert-OH is 1. The van der Waals surface area contributed by atoms with Crippen LogP contribution in [0.25, 0.3) is 0 Å². The van der Waals surface area contributed by atoms with Crippen LogP contribution in [0.4, 0.5) is 5.69 Å². The van der Waals surface area contributed by atoms with Crippen LogP contribution in [0.2, 0.25) is 5.02 Å². The van der Waals surface area contributed by atoms with Crippen molar-refractivity contribution in [3.63, 3.8) is 0 Å². The fraction of sp³-hybridized carbons (Fsp3) is 0.323. The number of likely N-dealkylation sites (tertiary alicyclic amines) is 1. The third kappa shape index (κ3) is 8.24. The van der Waals surface area contributed by atoms with Crippen LogP contribution in [-0.2, 0) is 21.3 Å². The quantitative estimate of drug-likeness (QED) is 0.205. The average Bonchev–Trinajstić information content (AvgIpc) is 2.94. The topological polar surface area (TPSA) is 111 Å². The molecule has 0 aromatic heterocycles. The number of carboxylic acid groups (broad SMARTS) is 1. The van der Waals surface area contributed by atoms with Crippen LogP contribution in [-0.4, -0.2) is 59.9 Å². The fourth-order valence-corrected chi connectivity index (χ4v) is 5.27. The number of aliphatic hydroxyl groups is 1. The summed E-state index contributed by atoms with van der Waals surface area (Å²) in [7, 11) is 0. The number of halogens is 1. The summed E-state index contributed by atoms with van der Waals surface area (Å²) < 4.78 is 0. The first-order valence-corrected chi connectivity index (χ1v) is 13.6. The second-order valence-corrected chi connectivity index (χ2v) is 10.0. The van der Waals surface area contributed by atoms with E-state index in [0.717, 1.165) is 25.9 Å². The van der Waals surface area contributed by atoms with Crippen molar-refractivity contribution in [2.75, 3.05) is 26.2 Å². The second kappa shape index (κ2) is 15.7. The van der Waals surface area contributed by atoms with E-state index in [-0.39, 0.29) is 42.0 Å². The summed E-state index contributed by atoms with van der Waals surface area (Å²) in [5.74, 6) is -2.39. The SMILES string of the molecule is O=C([O-])[C@H](N=C(c1ccccc1)c1ccccc1N=C([O-])CN1CCCCC1)[C@@H](CCO)c1ccccc1Cl.[Ni+2]. The molecule has 1 aliphatic heterocycles. The van der Waals surface area contributed by atoms with Gasteiger partial charge >= 0.3 is 16.5 Å². The third-order valence-electron chi connectivity index (χ3n) is 6.89. The first-order chi connectivity index (χ1) is 19.0. The number of aliphatic carboxylic acids is 1. The fourth-order valence-electron chi connectivity index (χ4n) is 4.99. The van der Waals surface area contributed by atoms with Crippen molar-refractivity contribution in [3.8, 4) is 0 Å². The standard InChI is InChI=1S/C31H34ClN3O4.Ni/c32-26-15-7-5-13-23(26)24(17-20-36)30(31(38)39)34-29(22-11-3-1-4-12-22)25-14-6-8-16-27(25)33-28(37)21-35-18-9-2-10-19-35;/h1,3-8,11-16,24,30,36H,2,9-10,17-21H2,(H,33,37)(H,38,39);/q;+2/p-2/t24-,30+;/m0./s1. The van der Waals surface area contributed by atoms with Gasteiger partial charge in [0.2, 0.25) is 0 Å². The summed E-state index contributed by atoms with van der Waals surface area (Å²) in [6.07, 6.45) is 3.43. The van der Waals surface area contributed by atoms with Crippen LogP contribution in [0.5, 0.6) is 0 Å². The number of benzene rings is 3. The van der Waals surface area contributed by atoms with Crippen molar-refractivity contribution in [3.05, 3.63) is 101 Å². The Balaban J connectivity index is 0.00000441. The zero-order valence-electron chi connectivity index (χ0n) is 22.0. The Kier molecular flexibility index (Phi) is 12.3. The number of carboxylic acids is 1. The molecule has 2 atom stereocenters. The third-order valence-corrected chi connectivity index (χ3v) is 7.24. The number of carbonyl (C=O) groups excluding carboxylic acids is 1. The minimum Gasteiger partial charge on any atom is -0.861 e. The molecule has 0 aliphatic carbocycles. The number of piperidine rings is 1. The van der Waals surface area contributed by atoms with E-state index in [1.807, 2.05) is 30.3 Å². The molecule has 1 saturated heterocycles. The van der Waals surface area contributed by atoms with E-state index < -0.39 is 17.9 Å². The molecule has 1 heterocycles. The zero-order chi connectivity index (χ0) is 27.6. The summed E-state index contributed by atoms with van der Waals surface area (Å²) in [5, 5.41) is 35.7. The van der Waals surface area contributed by atoms with Gasteiger partial charge in [0.15, 0.2) is 0 Å². The van der Waals surface area contributed by atoms with E-state index in [1.54, 1.807) is 48.5 Å². The van der Waals surface area contributed by atoms with Crippen molar-refractivity contribution in [1.29, 1.82) is 0 Å². The molecule has 0 radical (unpaired) electrons. The molecule has 1 fully saturated rings. The van der Waals surface area contributed by atoms with Gasteiger partial charge in [-0.25, -0.2) is 0 Å². The Bertz CT molecular complexity index is 1310. The normalized spacial score (nSPS) is 16.1. The van der Waals surface area contributed by atoms with Crippen molar-refractivity contribution in [2.24, 2.45) is 9.98 Å². The van der Waals surface area contributed by atoms with Crippen LogP contribution >= 0.6 is 11.6 Å². The number of hydrogen-bond donors (Lipinski definition) is 1. The molecule has 9 heteroatoms. The Hall–Kier alpha value is -3.03. The van der Waals surface area contributed by atoms with Gasteiger partial charge in [-0.2, -0.15) is 0 Å². The molecule has 1 aliphatic rings.